The third-order valence-electron chi connectivity index (χ3n) is 26.7. The van der Waals surface area contributed by atoms with Crippen molar-refractivity contribution in [2.45, 2.75) is 316 Å². The van der Waals surface area contributed by atoms with Crippen LogP contribution in [0, 0.1) is 41.4 Å². The molecule has 17 amide bonds. The second-order valence-corrected chi connectivity index (χ2v) is 40.1. The van der Waals surface area contributed by atoms with Gasteiger partial charge in [-0.05, 0) is 224 Å². The second-order valence-electron chi connectivity index (χ2n) is 40.1. The summed E-state index contributed by atoms with van der Waals surface area (Å²) in [4.78, 5) is 261. The number of nitrogens with one attached hydrogen (secondary N) is 16. The molecule has 4 aromatic rings. The number of hydrogen-bond acceptors (Lipinski definition) is 25. The molecule has 6 rings (SSSR count). The number of phenolic OH excluding ortho intramolecular Hbond substituents is 1. The number of unbranched alkanes of at least 4 members (excludes halogenated alkanes) is 5. The van der Waals surface area contributed by atoms with E-state index in [1.165, 1.54) is 30.3 Å². The Kier molecular flexibility index (Phi) is 52.2. The van der Waals surface area contributed by atoms with Crippen molar-refractivity contribution in [1.82, 2.24) is 84.7 Å². The summed E-state index contributed by atoms with van der Waals surface area (Å²) in [5, 5.41) is 52.7. The minimum absolute atomic E-state index is 0.00515. The molecule has 149 heavy (non-hydrogen) atoms. The molecule has 0 saturated heterocycles. The zero-order valence-electron chi connectivity index (χ0n) is 88.6. The first-order chi connectivity index (χ1) is 70.8. The van der Waals surface area contributed by atoms with E-state index in [1.54, 1.807) is 158 Å². The number of phenols is 1. The number of aromatic amines is 1. The van der Waals surface area contributed by atoms with Crippen molar-refractivity contribution < 1.29 is 91.0 Å². The van der Waals surface area contributed by atoms with E-state index < -0.39 is 233 Å². The van der Waals surface area contributed by atoms with Crippen molar-refractivity contribution in [1.29, 1.82) is 0 Å². The number of rotatable bonds is 67. The Labute approximate surface area is 871 Å². The van der Waals surface area contributed by atoms with Crippen LogP contribution in [0.15, 0.2) is 100 Å². The van der Waals surface area contributed by atoms with Gasteiger partial charge in [0.05, 0.1) is 13.0 Å². The number of nitrogens with two attached hydrogens (primary N) is 7. The lowest BCUT2D eigenvalue weighted by Crippen LogP contribution is -2.62. The van der Waals surface area contributed by atoms with Crippen LogP contribution in [0.1, 0.15) is 241 Å². The number of fused-ring (bicyclic) bond motifs is 3. The Bertz CT molecular complexity index is 5510. The standard InChI is InChI=1S/C106H163N23O20/c1-15-61(12)89(105(147)122-78(50-57(4)5)94(136)115-56-84(133)116-74(37-23-28-46-108)96(138)128-91(63(14)17-3)106(148)129-90(62(13)16-2)104(146)120-77(40-26-31-49-111)97(139)125-88(60(10)11)103(145)126-87(59(8)9)101(143)117-73(92(113)134)36-22-27-45-107)127-98(140)76(39-25-30-48-110)118-95(137)75(38-24-29-47-109)119-99(141)79(51-64-55-114-72-35-21-20-32-67(64)72)121-100(142)80(54-83(112)132)123-102(144)86(58(6)7)124-93(135)69-34-19-18-33-68(69)85-70-43-41-65(130)52-81(70)149-82-53-66(131)42-44-71(82)85/h18-21,32-35,41-44,52-53,55,57-63,73-80,86-91,114,130H,15-17,22-31,36-40,45-51,54,56,107-111H2,1-14H3,(H2,112,132)(H2,113,134)(H,115,136)(H,116,133)(H,117,143)(H,118,137)(H,119,141)(H,120,146)(H,121,142)(H,122,147)(H,123,144)(H,124,135)(H,125,139)(H,126,145)(H,127,140)(H,128,138)(H,129,148)/t61-,62-,63-,73-,74-,75-,76-,77-,78-,79-,80-,86-,87-,88-,89-,90-,91-/m0/s1. The number of primary amides is 2. The van der Waals surface area contributed by atoms with Gasteiger partial charge in [-0.1, -0.05) is 153 Å². The van der Waals surface area contributed by atoms with Gasteiger partial charge in [0, 0.05) is 57.7 Å². The summed E-state index contributed by atoms with van der Waals surface area (Å²) in [6.07, 6.45) is 5.51. The van der Waals surface area contributed by atoms with Crippen LogP contribution < -0.4 is 125 Å². The molecule has 1 aliphatic carbocycles. The second kappa shape index (κ2) is 62.7. The molecule has 17 atom stereocenters. The van der Waals surface area contributed by atoms with E-state index in [9.17, 15) is 72.2 Å². The summed E-state index contributed by atoms with van der Waals surface area (Å²) in [5.41, 5.74) is 43.2. The molecule has 43 heteroatoms. The number of amides is 17. The van der Waals surface area contributed by atoms with Crippen molar-refractivity contribution >= 4 is 122 Å². The Morgan fingerprint density at radius 1 is 0.369 bits per heavy atom. The highest BCUT2D eigenvalue weighted by atomic mass is 16.3. The van der Waals surface area contributed by atoms with E-state index in [4.69, 9.17) is 44.6 Å². The first-order valence-corrected chi connectivity index (χ1v) is 52.3. The van der Waals surface area contributed by atoms with Gasteiger partial charge < -0.3 is 134 Å². The average molecular weight is 2080 g/mol. The van der Waals surface area contributed by atoms with Crippen LogP contribution in [-0.4, -0.2) is 234 Å². The van der Waals surface area contributed by atoms with Gasteiger partial charge >= 0.3 is 0 Å². The molecule has 1 aromatic heterocycles. The monoisotopic (exact) mass is 2080 g/mol. The first kappa shape index (κ1) is 124. The van der Waals surface area contributed by atoms with Gasteiger partial charge in [0.25, 0.3) is 5.91 Å². The average Bonchev–Trinajstić information content (AvgIpc) is 1.07. The lowest BCUT2D eigenvalue weighted by atomic mass is 9.90. The topological polar surface area (TPSA) is 719 Å². The highest BCUT2D eigenvalue weighted by Crippen LogP contribution is 2.42. The highest BCUT2D eigenvalue weighted by molar-refractivity contribution is 6.11. The molecular formula is C106H163N23O20. The van der Waals surface area contributed by atoms with Gasteiger partial charge in [-0.25, -0.2) is 0 Å². The smallest absolute Gasteiger partial charge is 0.252 e. The van der Waals surface area contributed by atoms with Gasteiger partial charge in [0.2, 0.25) is 94.5 Å². The Hall–Kier alpha value is -13.5. The van der Waals surface area contributed by atoms with E-state index in [0.717, 1.165) is 0 Å². The maximum Gasteiger partial charge on any atom is 0.252 e. The molecule has 43 nitrogen and oxygen atoms in total. The van der Waals surface area contributed by atoms with Gasteiger partial charge in [-0.3, -0.25) is 86.3 Å². The van der Waals surface area contributed by atoms with Gasteiger partial charge in [0.15, 0.2) is 5.43 Å². The van der Waals surface area contributed by atoms with Crippen LogP contribution in [-0.2, 0) is 83.1 Å². The fraction of sp³-hybridized carbons (Fsp3) is 0.585. The summed E-state index contributed by atoms with van der Waals surface area (Å²) in [6.45, 7) is 24.4. The molecule has 2 aliphatic rings. The largest absolute Gasteiger partial charge is 0.508 e. The van der Waals surface area contributed by atoms with E-state index in [0.29, 0.717) is 109 Å². The number of carbonyl (C=O) groups is 17. The molecule has 3 aromatic carbocycles. The highest BCUT2D eigenvalue weighted by Gasteiger charge is 2.42. The number of hydrogen-bond donors (Lipinski definition) is 24. The van der Waals surface area contributed by atoms with E-state index in [-0.39, 0.29) is 124 Å². The molecule has 0 fully saturated rings. The fourth-order valence-corrected chi connectivity index (χ4v) is 17.3. The Morgan fingerprint density at radius 2 is 0.752 bits per heavy atom. The van der Waals surface area contributed by atoms with Gasteiger partial charge in [-0.2, -0.15) is 0 Å². The predicted octanol–water partition coefficient (Wildman–Crippen LogP) is 2.67. The maximum absolute atomic E-state index is 15.3. The molecule has 31 N–H and O–H groups in total. The van der Waals surface area contributed by atoms with Crippen LogP contribution in [0.4, 0.5) is 0 Å². The van der Waals surface area contributed by atoms with Crippen LogP contribution >= 0.6 is 0 Å². The fourth-order valence-electron chi connectivity index (χ4n) is 17.3. The number of aromatic nitrogens is 1. The predicted molar refractivity (Wildman–Crippen MR) is 567 cm³/mol. The van der Waals surface area contributed by atoms with E-state index >= 15 is 19.2 Å². The van der Waals surface area contributed by atoms with E-state index in [1.807, 2.05) is 0 Å². The summed E-state index contributed by atoms with van der Waals surface area (Å²) in [6, 6.07) is 3.04. The van der Waals surface area contributed by atoms with Crippen LogP contribution in [0.2, 0.25) is 0 Å². The zero-order valence-corrected chi connectivity index (χ0v) is 88.6. The third-order valence-corrected chi connectivity index (χ3v) is 26.7. The summed E-state index contributed by atoms with van der Waals surface area (Å²) < 4.78 is 6.06. The molecule has 0 bridgehead atoms. The first-order valence-electron chi connectivity index (χ1n) is 52.3. The summed E-state index contributed by atoms with van der Waals surface area (Å²) >= 11 is 0. The van der Waals surface area contributed by atoms with Crippen LogP contribution in [0.5, 0.6) is 5.75 Å². The summed E-state index contributed by atoms with van der Waals surface area (Å²) in [5.74, 6) is -18.0. The third kappa shape index (κ3) is 38.5. The lowest BCUT2D eigenvalue weighted by Gasteiger charge is -2.31. The van der Waals surface area contributed by atoms with Gasteiger partial charge in [0.1, 0.15) is 102 Å². The number of aromatic hydroxyl groups is 1. The zero-order chi connectivity index (χ0) is 111. The normalized spacial score (nSPS) is 14.9. The molecule has 822 valence electrons. The maximum atomic E-state index is 15.3. The van der Waals surface area contributed by atoms with Crippen molar-refractivity contribution in [3.8, 4) is 28.2 Å². The lowest BCUT2D eigenvalue weighted by molar-refractivity contribution is -0.137. The number of benzene rings is 4. The van der Waals surface area contributed by atoms with Crippen molar-refractivity contribution in [2.24, 2.45) is 81.6 Å². The molecule has 0 saturated carbocycles. The van der Waals surface area contributed by atoms with Gasteiger partial charge in [-0.15, -0.1) is 0 Å². The number of carbonyl (C=O) groups excluding carboxylic acids is 17. The van der Waals surface area contributed by atoms with Crippen molar-refractivity contribution in [3.05, 3.63) is 112 Å². The minimum atomic E-state index is -1.79. The number of para-hydroxylation sites is 1. The Morgan fingerprint density at radius 3 is 1.23 bits per heavy atom. The SMILES string of the molecule is CC[C@H](C)[C@H](NC(=O)[C@H](CCCCN)NC(=O)[C@H](CCCCN)NC(=O)[C@H](Cc1c[nH]c2ccccc12)NC(=O)[C@H](CC(N)=O)NC(=O)[C@@H](NC(=O)c1ccccc1-c1c2ccc(=O)cc-2oc2cc(O)ccc12)C(C)C)C(=O)N[C@@H](CC(C)C)C(=O)NCC(=O)N[C@@H](CCCCN)C(=O)N[C@H](C(=O)N[C@H](C(=O)N[C@@H](CCCCN)C(=O)N[C@H](C(=O)N[C@H](C(=O)N[C@@H](CCCCN)C(N)=O)C(C)C)C(C)C)[C@@H](C)CC)[C@@H](C)CC. The quantitative estimate of drug-likeness (QED) is 0.0193. The van der Waals surface area contributed by atoms with Crippen LogP contribution in [0.25, 0.3) is 44.3 Å². The molecule has 0 spiro atoms. The molecule has 1 aliphatic heterocycles. The molecule has 0 unspecified atom stereocenters. The molecule has 2 heterocycles. The van der Waals surface area contributed by atoms with Crippen molar-refractivity contribution in [3.63, 3.8) is 0 Å². The van der Waals surface area contributed by atoms with Crippen LogP contribution in [0.3, 0.4) is 0 Å². The summed E-state index contributed by atoms with van der Waals surface area (Å²) in [7, 11) is 0. The molecule has 0 radical (unpaired) electrons. The molecular weight excluding hydrogens is 1920 g/mol. The number of H-pyrrole nitrogens is 1. The van der Waals surface area contributed by atoms with Crippen molar-refractivity contribution in [2.75, 3.05) is 39.3 Å². The Balaban J connectivity index is 1.18. The van der Waals surface area contributed by atoms with E-state index in [2.05, 4.69) is 84.7 Å². The minimum Gasteiger partial charge on any atom is -0.508 e.